The summed E-state index contributed by atoms with van der Waals surface area (Å²) in [5.41, 5.74) is -0.846. The van der Waals surface area contributed by atoms with Gasteiger partial charge in [-0.1, -0.05) is 23.0 Å². The summed E-state index contributed by atoms with van der Waals surface area (Å²) in [5, 5.41) is 0. The fourth-order valence-corrected chi connectivity index (χ4v) is 6.13. The summed E-state index contributed by atoms with van der Waals surface area (Å²) in [6.07, 6.45) is -2.26. The summed E-state index contributed by atoms with van der Waals surface area (Å²) in [5.74, 6) is -2.52. The average Bonchev–Trinajstić information content (AvgIpc) is 3.22. The maximum absolute atomic E-state index is 11.8. The van der Waals surface area contributed by atoms with E-state index in [9.17, 15) is 19.2 Å². The summed E-state index contributed by atoms with van der Waals surface area (Å²) >= 11 is 5.48. The van der Waals surface area contributed by atoms with E-state index in [1.54, 1.807) is 0 Å². The van der Waals surface area contributed by atoms with Crippen LogP contribution in [0.3, 0.4) is 0 Å². The van der Waals surface area contributed by atoms with Gasteiger partial charge >= 0.3 is 23.9 Å². The molecule has 0 radical (unpaired) electrons. The Morgan fingerprint density at radius 1 is 0.875 bits per heavy atom. The van der Waals surface area contributed by atoms with Crippen LogP contribution in [0.15, 0.2) is 0 Å². The van der Waals surface area contributed by atoms with E-state index in [2.05, 4.69) is 4.90 Å². The van der Waals surface area contributed by atoms with E-state index in [4.69, 9.17) is 35.9 Å². The van der Waals surface area contributed by atoms with Crippen molar-refractivity contribution < 1.29 is 42.9 Å². The number of esters is 4. The molecule has 5 atom stereocenters. The zero-order valence-electron chi connectivity index (χ0n) is 18.3. The number of nitrogens with zero attached hydrogens (tertiary/aromatic N) is 1. The first kappa shape index (κ1) is 26.7. The van der Waals surface area contributed by atoms with Gasteiger partial charge < -0.3 is 28.6 Å². The van der Waals surface area contributed by atoms with E-state index in [1.807, 2.05) is 0 Å². The number of hydrogen-bond acceptors (Lipinski definition) is 12. The third-order valence-corrected chi connectivity index (χ3v) is 7.75. The molecule has 0 amide bonds. The molecule has 0 spiro atoms. The van der Waals surface area contributed by atoms with Crippen LogP contribution in [-0.4, -0.2) is 82.6 Å². The van der Waals surface area contributed by atoms with Gasteiger partial charge in [-0.3, -0.25) is 19.2 Å². The van der Waals surface area contributed by atoms with E-state index < -0.39 is 53.7 Å². The fourth-order valence-electron chi connectivity index (χ4n) is 3.31. The molecule has 32 heavy (non-hydrogen) atoms. The second-order valence-corrected chi connectivity index (χ2v) is 10.1. The van der Waals surface area contributed by atoms with E-state index in [0.717, 1.165) is 25.9 Å². The van der Waals surface area contributed by atoms with Gasteiger partial charge in [0.05, 0.1) is 0 Å². The van der Waals surface area contributed by atoms with Crippen LogP contribution in [0.2, 0.25) is 0 Å². The first-order valence-corrected chi connectivity index (χ1v) is 12.6. The molecule has 0 aromatic heterocycles. The second kappa shape index (κ2) is 12.6. The first-order chi connectivity index (χ1) is 15.1. The Balaban J connectivity index is 2.29. The van der Waals surface area contributed by atoms with Crippen molar-refractivity contribution in [3.8, 4) is 0 Å². The standard InChI is InChI=1S/C19H27NO9S3/c1-10(21)25-9-14-15(26-11(2)22)16(27-12(3)23)17(28-13(4)24)18(29-14)31-32-19(30)20-7-5-6-8-20/h14-18H,5-9H2,1-4H3/t14?,15-,16?,17?,18-/m0/s1. The lowest BCUT2D eigenvalue weighted by molar-refractivity contribution is -0.237. The van der Waals surface area contributed by atoms with Gasteiger partial charge in [0.2, 0.25) is 0 Å². The molecule has 2 fully saturated rings. The normalized spacial score (nSPS) is 27.4. The molecule has 3 unspecified atom stereocenters. The Hall–Kier alpha value is -1.57. The van der Waals surface area contributed by atoms with Crippen molar-refractivity contribution in [3.63, 3.8) is 0 Å². The van der Waals surface area contributed by atoms with Crippen LogP contribution >= 0.6 is 33.8 Å². The molecule has 2 rings (SSSR count). The molecule has 13 heteroatoms. The van der Waals surface area contributed by atoms with Gasteiger partial charge in [-0.25, -0.2) is 0 Å². The van der Waals surface area contributed by atoms with E-state index in [1.165, 1.54) is 49.3 Å². The number of ether oxygens (including phenoxy) is 5. The molecule has 2 aliphatic rings. The highest BCUT2D eigenvalue weighted by molar-refractivity contribution is 8.83. The topological polar surface area (TPSA) is 118 Å². The van der Waals surface area contributed by atoms with Crippen LogP contribution in [0, 0.1) is 0 Å². The molecule has 2 saturated heterocycles. The third kappa shape index (κ3) is 8.09. The van der Waals surface area contributed by atoms with Crippen LogP contribution in [0.1, 0.15) is 40.5 Å². The van der Waals surface area contributed by atoms with Crippen molar-refractivity contribution >= 4 is 62.0 Å². The SMILES string of the molecule is CC(=O)OCC1O[C@@H](SSC(=S)N2CCCC2)C(OC(C)=O)C(OC(C)=O)[C@H]1OC(C)=O. The summed E-state index contributed by atoms with van der Waals surface area (Å²) in [4.78, 5) is 48.8. The lowest BCUT2D eigenvalue weighted by Crippen LogP contribution is -2.61. The van der Waals surface area contributed by atoms with Gasteiger partial charge in [-0.05, 0) is 23.6 Å². The monoisotopic (exact) mass is 509 g/mol. The van der Waals surface area contributed by atoms with Crippen LogP contribution in [0.5, 0.6) is 0 Å². The van der Waals surface area contributed by atoms with E-state index in [0.29, 0.717) is 4.32 Å². The molecule has 0 N–H and O–H groups in total. The number of likely N-dealkylation sites (tertiary alicyclic amines) is 1. The maximum Gasteiger partial charge on any atom is 0.303 e. The highest BCUT2D eigenvalue weighted by Crippen LogP contribution is 2.40. The van der Waals surface area contributed by atoms with Gasteiger partial charge in [0, 0.05) is 40.8 Å². The molecule has 0 aliphatic carbocycles. The number of carbonyl (C=O) groups is 4. The maximum atomic E-state index is 11.8. The molecule has 0 bridgehead atoms. The Bertz CT molecular complexity index is 729. The minimum Gasteiger partial charge on any atom is -0.463 e. The Morgan fingerprint density at radius 3 is 1.94 bits per heavy atom. The van der Waals surface area contributed by atoms with E-state index in [-0.39, 0.29) is 6.61 Å². The number of hydrogen-bond donors (Lipinski definition) is 0. The van der Waals surface area contributed by atoms with Crippen molar-refractivity contribution in [2.24, 2.45) is 0 Å². The second-order valence-electron chi connectivity index (χ2n) is 7.21. The zero-order chi connectivity index (χ0) is 23.8. The van der Waals surface area contributed by atoms with Gasteiger partial charge in [0.25, 0.3) is 0 Å². The largest absolute Gasteiger partial charge is 0.463 e. The zero-order valence-corrected chi connectivity index (χ0v) is 20.7. The van der Waals surface area contributed by atoms with Crippen molar-refractivity contribution in [1.29, 1.82) is 0 Å². The molecular weight excluding hydrogens is 482 g/mol. The van der Waals surface area contributed by atoms with Crippen molar-refractivity contribution in [2.45, 2.75) is 70.4 Å². The lowest BCUT2D eigenvalue weighted by atomic mass is 9.99. The lowest BCUT2D eigenvalue weighted by Gasteiger charge is -2.44. The van der Waals surface area contributed by atoms with Crippen molar-refractivity contribution in [2.75, 3.05) is 19.7 Å². The summed E-state index contributed by atoms with van der Waals surface area (Å²) < 4.78 is 27.9. The van der Waals surface area contributed by atoms with Gasteiger partial charge in [-0.15, -0.1) is 0 Å². The number of thiocarbonyl (C=S) groups is 1. The van der Waals surface area contributed by atoms with Crippen LogP contribution in [0.4, 0.5) is 0 Å². The Morgan fingerprint density at radius 2 is 1.41 bits per heavy atom. The third-order valence-electron chi connectivity index (χ3n) is 4.53. The van der Waals surface area contributed by atoms with Gasteiger partial charge in [0.1, 0.15) is 17.0 Å². The molecule has 0 aromatic rings. The fraction of sp³-hybridized carbons (Fsp3) is 0.737. The molecule has 180 valence electrons. The predicted molar refractivity (Wildman–Crippen MR) is 121 cm³/mol. The summed E-state index contributed by atoms with van der Waals surface area (Å²) in [6.45, 7) is 6.28. The summed E-state index contributed by atoms with van der Waals surface area (Å²) in [7, 11) is 2.47. The molecule has 2 aliphatic heterocycles. The Kier molecular flexibility index (Phi) is 10.5. The smallest absolute Gasteiger partial charge is 0.303 e. The molecule has 2 heterocycles. The van der Waals surface area contributed by atoms with Gasteiger partial charge in [-0.2, -0.15) is 0 Å². The summed E-state index contributed by atoms with van der Waals surface area (Å²) in [6, 6.07) is 0. The highest BCUT2D eigenvalue weighted by atomic mass is 33.1. The minimum atomic E-state index is -1.17. The molecule has 10 nitrogen and oxygen atoms in total. The first-order valence-electron chi connectivity index (χ1n) is 10.0. The van der Waals surface area contributed by atoms with Crippen LogP contribution < -0.4 is 0 Å². The number of carbonyl (C=O) groups excluding carboxylic acids is 4. The average molecular weight is 510 g/mol. The highest BCUT2D eigenvalue weighted by Gasteiger charge is 2.52. The molecular formula is C19H27NO9S3. The molecule has 0 aromatic carbocycles. The van der Waals surface area contributed by atoms with Crippen molar-refractivity contribution in [3.05, 3.63) is 0 Å². The predicted octanol–water partition coefficient (Wildman–Crippen LogP) is 1.83. The van der Waals surface area contributed by atoms with Crippen LogP contribution in [0.25, 0.3) is 0 Å². The minimum absolute atomic E-state index is 0.254. The van der Waals surface area contributed by atoms with Crippen molar-refractivity contribution in [1.82, 2.24) is 4.90 Å². The Labute approximate surface area is 199 Å². The van der Waals surface area contributed by atoms with Gasteiger partial charge in [0.15, 0.2) is 23.7 Å². The number of rotatable bonds is 7. The van der Waals surface area contributed by atoms with Crippen LogP contribution in [-0.2, 0) is 42.9 Å². The van der Waals surface area contributed by atoms with E-state index >= 15 is 0 Å². The quantitative estimate of drug-likeness (QED) is 0.215. The molecule has 0 saturated carbocycles.